The third kappa shape index (κ3) is 5.51. The van der Waals surface area contributed by atoms with Crippen molar-refractivity contribution in [2.75, 3.05) is 31.5 Å². The zero-order chi connectivity index (χ0) is 14.3. The summed E-state index contributed by atoms with van der Waals surface area (Å²) < 4.78 is 37.1. The number of anilines is 1. The summed E-state index contributed by atoms with van der Waals surface area (Å²) >= 11 is 0. The lowest BCUT2D eigenvalue weighted by atomic mass is 10.2. The lowest BCUT2D eigenvalue weighted by molar-refractivity contribution is -0.137. The molecule has 0 unspecified atom stereocenters. The first kappa shape index (κ1) is 15.8. The van der Waals surface area contributed by atoms with E-state index >= 15 is 0 Å². The summed E-state index contributed by atoms with van der Waals surface area (Å²) in [4.78, 5) is 2.31. The molecule has 2 nitrogen and oxygen atoms in total. The third-order valence-electron chi connectivity index (χ3n) is 3.09. The predicted octanol–water partition coefficient (Wildman–Crippen LogP) is 3.85. The van der Waals surface area contributed by atoms with Crippen molar-refractivity contribution >= 4 is 5.69 Å². The van der Waals surface area contributed by atoms with Gasteiger partial charge in [-0.1, -0.05) is 13.8 Å². The summed E-state index contributed by atoms with van der Waals surface area (Å²) in [5, 5.41) is 3.13. The second-order valence-electron chi connectivity index (χ2n) is 4.38. The molecule has 1 aromatic rings. The quantitative estimate of drug-likeness (QED) is 0.760. The van der Waals surface area contributed by atoms with Gasteiger partial charge in [0.05, 0.1) is 5.56 Å². The number of nitrogens with zero attached hydrogens (tertiary/aromatic N) is 1. The first-order chi connectivity index (χ1) is 8.97. The summed E-state index contributed by atoms with van der Waals surface area (Å²) in [5.74, 6) is 0. The molecule has 0 spiro atoms. The van der Waals surface area contributed by atoms with Crippen LogP contribution in [0.25, 0.3) is 0 Å². The van der Waals surface area contributed by atoms with Gasteiger partial charge in [0.2, 0.25) is 0 Å². The number of rotatable bonds is 7. The highest BCUT2D eigenvalue weighted by atomic mass is 19.4. The lowest BCUT2D eigenvalue weighted by Crippen LogP contribution is -2.25. The predicted molar refractivity (Wildman–Crippen MR) is 72.3 cm³/mol. The highest BCUT2D eigenvalue weighted by Crippen LogP contribution is 2.29. The van der Waals surface area contributed by atoms with Gasteiger partial charge < -0.3 is 10.2 Å². The minimum atomic E-state index is -4.26. The molecule has 1 N–H and O–H groups in total. The molecule has 0 saturated carbocycles. The van der Waals surface area contributed by atoms with Crippen molar-refractivity contribution in [3.05, 3.63) is 29.8 Å². The second-order valence-corrected chi connectivity index (χ2v) is 4.38. The van der Waals surface area contributed by atoms with E-state index < -0.39 is 11.7 Å². The first-order valence-corrected chi connectivity index (χ1v) is 6.60. The standard InChI is InChI=1S/C14H21F3N2/c1-3-19(4-2)11-5-10-18-13-8-6-12(7-9-13)14(15,16)17/h6-9,18H,3-5,10-11H2,1-2H3. The number of nitrogens with one attached hydrogen (secondary N) is 1. The van der Waals surface area contributed by atoms with Gasteiger partial charge in [-0.2, -0.15) is 13.2 Å². The summed E-state index contributed by atoms with van der Waals surface area (Å²) in [6.07, 6.45) is -3.29. The Morgan fingerprint density at radius 3 is 2.11 bits per heavy atom. The minimum absolute atomic E-state index is 0.610. The Kier molecular flexibility index (Phi) is 6.15. The highest BCUT2D eigenvalue weighted by Gasteiger charge is 2.29. The van der Waals surface area contributed by atoms with Crippen LogP contribution in [0.5, 0.6) is 0 Å². The van der Waals surface area contributed by atoms with E-state index in [4.69, 9.17) is 0 Å². The van der Waals surface area contributed by atoms with Crippen LogP contribution in [0.15, 0.2) is 24.3 Å². The van der Waals surface area contributed by atoms with Crippen molar-refractivity contribution in [3.63, 3.8) is 0 Å². The van der Waals surface area contributed by atoms with E-state index in [1.807, 2.05) is 0 Å². The molecule has 0 atom stereocenters. The second kappa shape index (κ2) is 7.38. The third-order valence-corrected chi connectivity index (χ3v) is 3.09. The van der Waals surface area contributed by atoms with Crippen LogP contribution in [0, 0.1) is 0 Å². The fraction of sp³-hybridized carbons (Fsp3) is 0.571. The molecular weight excluding hydrogens is 253 g/mol. The van der Waals surface area contributed by atoms with E-state index in [1.54, 1.807) is 0 Å². The van der Waals surface area contributed by atoms with E-state index in [9.17, 15) is 13.2 Å². The van der Waals surface area contributed by atoms with Crippen LogP contribution in [0.2, 0.25) is 0 Å². The van der Waals surface area contributed by atoms with Gasteiger partial charge in [0.25, 0.3) is 0 Å². The Morgan fingerprint density at radius 1 is 1.05 bits per heavy atom. The smallest absolute Gasteiger partial charge is 0.385 e. The number of alkyl halides is 3. The van der Waals surface area contributed by atoms with E-state index in [2.05, 4.69) is 24.1 Å². The summed E-state index contributed by atoms with van der Waals surface area (Å²) in [6.45, 7) is 8.05. The molecule has 0 amide bonds. The topological polar surface area (TPSA) is 15.3 Å². The SMILES string of the molecule is CCN(CC)CCCNc1ccc(C(F)(F)F)cc1. The van der Waals surface area contributed by atoms with Gasteiger partial charge in [-0.15, -0.1) is 0 Å². The van der Waals surface area contributed by atoms with E-state index in [0.717, 1.165) is 50.4 Å². The van der Waals surface area contributed by atoms with Crippen LogP contribution >= 0.6 is 0 Å². The van der Waals surface area contributed by atoms with Crippen LogP contribution in [-0.2, 0) is 6.18 Å². The Balaban J connectivity index is 2.34. The van der Waals surface area contributed by atoms with Gasteiger partial charge in [0, 0.05) is 12.2 Å². The summed E-state index contributed by atoms with van der Waals surface area (Å²) in [7, 11) is 0. The molecule has 0 aromatic heterocycles. The molecule has 1 aromatic carbocycles. The molecule has 1 rings (SSSR count). The zero-order valence-electron chi connectivity index (χ0n) is 11.4. The molecule has 0 saturated heterocycles. The Bertz CT molecular complexity index is 356. The first-order valence-electron chi connectivity index (χ1n) is 6.60. The lowest BCUT2D eigenvalue weighted by Gasteiger charge is -2.18. The highest BCUT2D eigenvalue weighted by molar-refractivity contribution is 5.45. The monoisotopic (exact) mass is 274 g/mol. The van der Waals surface area contributed by atoms with Gasteiger partial charge in [-0.25, -0.2) is 0 Å². The maximum atomic E-state index is 12.4. The van der Waals surface area contributed by atoms with Gasteiger partial charge in [-0.05, 0) is 50.3 Å². The van der Waals surface area contributed by atoms with Gasteiger partial charge >= 0.3 is 6.18 Å². The largest absolute Gasteiger partial charge is 0.416 e. The Morgan fingerprint density at radius 2 is 1.63 bits per heavy atom. The normalized spacial score (nSPS) is 11.9. The molecular formula is C14H21F3N2. The van der Waals surface area contributed by atoms with Crippen molar-refractivity contribution < 1.29 is 13.2 Å². The molecule has 0 fully saturated rings. The van der Waals surface area contributed by atoms with E-state index in [-0.39, 0.29) is 0 Å². The molecule has 19 heavy (non-hydrogen) atoms. The molecule has 108 valence electrons. The summed E-state index contributed by atoms with van der Waals surface area (Å²) in [6, 6.07) is 5.15. The van der Waals surface area contributed by atoms with Crippen molar-refractivity contribution in [2.45, 2.75) is 26.4 Å². The van der Waals surface area contributed by atoms with Crippen LogP contribution in [0.4, 0.5) is 18.9 Å². The number of hydrogen-bond acceptors (Lipinski definition) is 2. The molecule has 0 bridgehead atoms. The van der Waals surface area contributed by atoms with Crippen molar-refractivity contribution in [1.29, 1.82) is 0 Å². The zero-order valence-corrected chi connectivity index (χ0v) is 11.4. The van der Waals surface area contributed by atoms with Gasteiger partial charge in [0.1, 0.15) is 0 Å². The van der Waals surface area contributed by atoms with Gasteiger partial charge in [0.15, 0.2) is 0 Å². The number of hydrogen-bond donors (Lipinski definition) is 1. The maximum absolute atomic E-state index is 12.4. The molecule has 0 aliphatic carbocycles. The molecule has 0 radical (unpaired) electrons. The van der Waals surface area contributed by atoms with Crippen molar-refractivity contribution in [3.8, 4) is 0 Å². The van der Waals surface area contributed by atoms with Crippen LogP contribution in [-0.4, -0.2) is 31.1 Å². The van der Waals surface area contributed by atoms with E-state index in [1.165, 1.54) is 12.1 Å². The van der Waals surface area contributed by atoms with Crippen molar-refractivity contribution in [2.24, 2.45) is 0 Å². The number of benzene rings is 1. The van der Waals surface area contributed by atoms with Gasteiger partial charge in [-0.3, -0.25) is 0 Å². The van der Waals surface area contributed by atoms with Crippen LogP contribution < -0.4 is 5.32 Å². The fourth-order valence-corrected chi connectivity index (χ4v) is 1.85. The van der Waals surface area contributed by atoms with Crippen molar-refractivity contribution in [1.82, 2.24) is 4.90 Å². The minimum Gasteiger partial charge on any atom is -0.385 e. The molecule has 0 aliphatic rings. The Labute approximate surface area is 112 Å². The average Bonchev–Trinajstić information content (AvgIpc) is 2.38. The van der Waals surface area contributed by atoms with Crippen LogP contribution in [0.3, 0.4) is 0 Å². The maximum Gasteiger partial charge on any atom is 0.416 e. The average molecular weight is 274 g/mol. The molecule has 0 heterocycles. The number of halogens is 3. The summed E-state index contributed by atoms with van der Waals surface area (Å²) in [5.41, 5.74) is 0.119. The Hall–Kier alpha value is -1.23. The molecule has 0 aliphatic heterocycles. The van der Waals surface area contributed by atoms with Crippen LogP contribution in [0.1, 0.15) is 25.8 Å². The van der Waals surface area contributed by atoms with E-state index in [0.29, 0.717) is 0 Å². The molecule has 5 heteroatoms. The fourth-order valence-electron chi connectivity index (χ4n) is 1.85.